The largest absolute Gasteiger partial charge is 0.393 e. The lowest BCUT2D eigenvalue weighted by atomic mass is 9.94. The predicted molar refractivity (Wildman–Crippen MR) is 44.9 cm³/mol. The van der Waals surface area contributed by atoms with Crippen molar-refractivity contribution in [1.82, 2.24) is 0 Å². The van der Waals surface area contributed by atoms with Gasteiger partial charge < -0.3 is 5.11 Å². The van der Waals surface area contributed by atoms with E-state index in [0.717, 1.165) is 20.9 Å². The summed E-state index contributed by atoms with van der Waals surface area (Å²) in [5.74, 6) is 1.60. The van der Waals surface area contributed by atoms with Crippen molar-refractivity contribution in [3.63, 3.8) is 0 Å². The number of fused-ring (bicyclic) bond motifs is 1. The Morgan fingerprint density at radius 1 is 1.20 bits per heavy atom. The third-order valence-electron chi connectivity index (χ3n) is 3.00. The van der Waals surface area contributed by atoms with Crippen molar-refractivity contribution in [2.75, 3.05) is 12.3 Å². The van der Waals surface area contributed by atoms with Crippen molar-refractivity contribution in [1.29, 1.82) is 0 Å². The van der Waals surface area contributed by atoms with Crippen LogP contribution in [0.3, 0.4) is 0 Å². The molecule has 0 radical (unpaired) electrons. The van der Waals surface area contributed by atoms with Gasteiger partial charge in [-0.3, -0.25) is 0 Å². The summed E-state index contributed by atoms with van der Waals surface area (Å²) in [5.41, 5.74) is 0. The van der Waals surface area contributed by atoms with Gasteiger partial charge in [-0.25, -0.2) is 0 Å². The highest BCUT2D eigenvalue weighted by Gasteiger charge is 2.35. The molecule has 2 heteroatoms. The first-order valence-electron chi connectivity index (χ1n) is 4.26. The minimum atomic E-state index is 0.0674. The van der Waals surface area contributed by atoms with Crippen molar-refractivity contribution in [2.45, 2.75) is 25.4 Å². The quantitative estimate of drug-likeness (QED) is 0.529. The van der Waals surface area contributed by atoms with Gasteiger partial charge in [0.05, 0.1) is 6.10 Å². The van der Waals surface area contributed by atoms with E-state index in [4.69, 9.17) is 0 Å². The summed E-state index contributed by atoms with van der Waals surface area (Å²) >= 11 is 0. The number of hydrogen-bond donors (Lipinski definition) is 1. The number of rotatable bonds is 0. The lowest BCUT2D eigenvalue weighted by Crippen LogP contribution is -2.24. The Morgan fingerprint density at radius 2 is 2.10 bits per heavy atom. The molecule has 2 rings (SSSR count). The van der Waals surface area contributed by atoms with Gasteiger partial charge in [-0.05, 0) is 43.4 Å². The molecule has 0 amide bonds. The van der Waals surface area contributed by atoms with Crippen LogP contribution in [0.15, 0.2) is 0 Å². The van der Waals surface area contributed by atoms with Crippen LogP contribution >= 0.6 is 8.58 Å². The van der Waals surface area contributed by atoms with E-state index in [0.29, 0.717) is 5.92 Å². The van der Waals surface area contributed by atoms with E-state index < -0.39 is 0 Å². The summed E-state index contributed by atoms with van der Waals surface area (Å²) in [5, 5.41) is 9.53. The van der Waals surface area contributed by atoms with Crippen LogP contribution in [0.25, 0.3) is 0 Å². The fourth-order valence-corrected chi connectivity index (χ4v) is 4.06. The number of aliphatic hydroxyl groups is 1. The van der Waals surface area contributed by atoms with Crippen molar-refractivity contribution < 1.29 is 5.11 Å². The maximum absolute atomic E-state index is 9.53. The first-order valence-corrected chi connectivity index (χ1v) is 5.68. The molecule has 1 aliphatic heterocycles. The third-order valence-corrected chi connectivity index (χ3v) is 4.41. The molecular weight excluding hydrogens is 143 g/mol. The topological polar surface area (TPSA) is 20.2 Å². The predicted octanol–water partition coefficient (Wildman–Crippen LogP) is 1.46. The summed E-state index contributed by atoms with van der Waals surface area (Å²) in [7, 11) is 1.14. The zero-order valence-electron chi connectivity index (χ0n) is 6.21. The molecule has 0 aromatic heterocycles. The summed E-state index contributed by atoms with van der Waals surface area (Å²) in [6, 6.07) is 0. The standard InChI is InChI=1S/C8H15OP/c9-8-2-1-6-3-4-10-5-7(6)8/h6-10H,1-5H2. The van der Waals surface area contributed by atoms with Crippen molar-refractivity contribution >= 4 is 8.58 Å². The van der Waals surface area contributed by atoms with Gasteiger partial charge in [0.25, 0.3) is 0 Å². The maximum Gasteiger partial charge on any atom is 0.0574 e. The zero-order valence-corrected chi connectivity index (χ0v) is 7.21. The lowest BCUT2D eigenvalue weighted by molar-refractivity contribution is 0.127. The minimum absolute atomic E-state index is 0.0674. The molecule has 1 saturated heterocycles. The van der Waals surface area contributed by atoms with Crippen LogP contribution in [0.5, 0.6) is 0 Å². The highest BCUT2D eigenvalue weighted by atomic mass is 31.1. The molecule has 1 saturated carbocycles. The van der Waals surface area contributed by atoms with Crippen LogP contribution < -0.4 is 0 Å². The molecule has 0 aromatic carbocycles. The normalized spacial score (nSPS) is 49.5. The molecule has 1 N–H and O–H groups in total. The monoisotopic (exact) mass is 158 g/mol. The molecule has 10 heavy (non-hydrogen) atoms. The second-order valence-electron chi connectivity index (χ2n) is 3.56. The van der Waals surface area contributed by atoms with Crippen LogP contribution in [-0.2, 0) is 0 Å². The molecule has 0 spiro atoms. The fraction of sp³-hybridized carbons (Fsp3) is 1.00. The van der Waals surface area contributed by atoms with Crippen molar-refractivity contribution in [3.8, 4) is 0 Å². The van der Waals surface area contributed by atoms with Crippen LogP contribution in [0, 0.1) is 11.8 Å². The van der Waals surface area contributed by atoms with E-state index in [-0.39, 0.29) is 6.10 Å². The Hall–Kier alpha value is 0.390. The first-order chi connectivity index (χ1) is 4.88. The minimum Gasteiger partial charge on any atom is -0.393 e. The molecule has 4 atom stereocenters. The Labute approximate surface area is 64.0 Å². The van der Waals surface area contributed by atoms with Gasteiger partial charge in [-0.1, -0.05) is 0 Å². The van der Waals surface area contributed by atoms with E-state index >= 15 is 0 Å². The zero-order chi connectivity index (χ0) is 6.97. The molecule has 1 aliphatic carbocycles. The maximum atomic E-state index is 9.53. The van der Waals surface area contributed by atoms with E-state index in [2.05, 4.69) is 0 Å². The van der Waals surface area contributed by atoms with Crippen LogP contribution in [0.2, 0.25) is 0 Å². The van der Waals surface area contributed by atoms with E-state index in [1.165, 1.54) is 25.2 Å². The SMILES string of the molecule is OC1CCC2CCPCC12. The lowest BCUT2D eigenvalue weighted by Gasteiger charge is -2.26. The second-order valence-corrected chi connectivity index (χ2v) is 4.97. The Bertz CT molecular complexity index is 124. The Morgan fingerprint density at radius 3 is 2.90 bits per heavy atom. The van der Waals surface area contributed by atoms with E-state index in [1.54, 1.807) is 0 Å². The average molecular weight is 158 g/mol. The van der Waals surface area contributed by atoms with Gasteiger partial charge in [0.2, 0.25) is 0 Å². The number of hydrogen-bond acceptors (Lipinski definition) is 1. The molecule has 1 nitrogen and oxygen atoms in total. The summed E-state index contributed by atoms with van der Waals surface area (Å²) in [6.07, 6.45) is 6.62. The average Bonchev–Trinajstić information content (AvgIpc) is 2.34. The summed E-state index contributed by atoms with van der Waals surface area (Å²) < 4.78 is 0. The number of aliphatic hydroxyl groups excluding tert-OH is 1. The first kappa shape index (κ1) is 7.06. The van der Waals surface area contributed by atoms with Gasteiger partial charge in [-0.2, -0.15) is 0 Å². The summed E-state index contributed by atoms with van der Waals surface area (Å²) in [4.78, 5) is 0. The van der Waals surface area contributed by atoms with Crippen LogP contribution in [-0.4, -0.2) is 23.5 Å². The van der Waals surface area contributed by atoms with Gasteiger partial charge in [-0.15, -0.1) is 8.58 Å². The molecule has 58 valence electrons. The molecule has 4 unspecified atom stereocenters. The molecule has 2 aliphatic rings. The van der Waals surface area contributed by atoms with Crippen molar-refractivity contribution in [2.24, 2.45) is 11.8 Å². The molecule has 2 fully saturated rings. The van der Waals surface area contributed by atoms with Gasteiger partial charge in [0.1, 0.15) is 0 Å². The van der Waals surface area contributed by atoms with Crippen LogP contribution in [0.4, 0.5) is 0 Å². The third kappa shape index (κ3) is 1.10. The van der Waals surface area contributed by atoms with Gasteiger partial charge in [0, 0.05) is 0 Å². The van der Waals surface area contributed by atoms with Gasteiger partial charge in [0.15, 0.2) is 0 Å². The highest BCUT2D eigenvalue weighted by molar-refractivity contribution is 7.38. The molecular formula is C8H15OP. The highest BCUT2D eigenvalue weighted by Crippen LogP contribution is 2.42. The van der Waals surface area contributed by atoms with E-state index in [9.17, 15) is 5.11 Å². The summed E-state index contributed by atoms with van der Waals surface area (Å²) in [6.45, 7) is 0. The Kier molecular flexibility index (Phi) is 1.97. The van der Waals surface area contributed by atoms with Crippen molar-refractivity contribution in [3.05, 3.63) is 0 Å². The van der Waals surface area contributed by atoms with Crippen LogP contribution in [0.1, 0.15) is 19.3 Å². The molecule has 0 bridgehead atoms. The fourth-order valence-electron chi connectivity index (χ4n) is 2.34. The van der Waals surface area contributed by atoms with Gasteiger partial charge >= 0.3 is 0 Å². The molecule has 1 heterocycles. The smallest absolute Gasteiger partial charge is 0.0574 e. The molecule has 0 aromatic rings. The Balaban J connectivity index is 2.01. The second kappa shape index (κ2) is 2.79. The van der Waals surface area contributed by atoms with E-state index in [1.807, 2.05) is 0 Å².